The number of cyclic esters (lactones) is 1. The molecule has 11 heteroatoms. The van der Waals surface area contributed by atoms with Crippen LogP contribution in [0.15, 0.2) is 41.3 Å². The number of halogens is 2. The van der Waals surface area contributed by atoms with Crippen molar-refractivity contribution in [1.82, 2.24) is 9.88 Å². The standard InChI is InChI=1S/C27H25F2N3O6/c1-3-37-26(35)21-13-31(15-4-5-15)24-10-19(23(29)9-20(24)25(21)34)18-7-6-16(8-22(18)28)32-12-17(38-27(32)36)11-30-14(2)33/h6-10,13,15,17H,3-5,11-12H2,1-2H3,(H,30,33)/t17-/m0/s1. The van der Waals surface area contributed by atoms with Gasteiger partial charge in [-0.05, 0) is 50.1 Å². The van der Waals surface area contributed by atoms with E-state index < -0.39 is 35.2 Å². The minimum Gasteiger partial charge on any atom is -0.462 e. The fourth-order valence-corrected chi connectivity index (χ4v) is 4.57. The highest BCUT2D eigenvalue weighted by molar-refractivity contribution is 5.95. The average Bonchev–Trinajstić information content (AvgIpc) is 3.65. The number of rotatable bonds is 7. The molecular formula is C27H25F2N3O6. The van der Waals surface area contributed by atoms with Gasteiger partial charge in [0.1, 0.15) is 23.3 Å². The van der Waals surface area contributed by atoms with Gasteiger partial charge in [-0.1, -0.05) is 0 Å². The SMILES string of the molecule is CCOC(=O)c1cn(C2CC2)c2cc(-c3ccc(N4C[C@H](CNC(C)=O)OC4=O)cc3F)c(F)cc2c1=O. The van der Waals surface area contributed by atoms with Gasteiger partial charge >= 0.3 is 12.1 Å². The molecule has 1 aliphatic heterocycles. The quantitative estimate of drug-likeness (QED) is 0.469. The molecule has 2 heterocycles. The smallest absolute Gasteiger partial charge is 0.414 e. The highest BCUT2D eigenvalue weighted by Crippen LogP contribution is 2.39. The van der Waals surface area contributed by atoms with Crippen LogP contribution in [0.3, 0.4) is 0 Å². The Balaban J connectivity index is 1.51. The second-order valence-electron chi connectivity index (χ2n) is 9.30. The summed E-state index contributed by atoms with van der Waals surface area (Å²) in [5, 5.41) is 2.58. The summed E-state index contributed by atoms with van der Waals surface area (Å²) in [6.45, 7) is 3.30. The second kappa shape index (κ2) is 9.88. The molecule has 2 aliphatic rings. The number of aromatic nitrogens is 1. The number of benzene rings is 2. The van der Waals surface area contributed by atoms with Crippen LogP contribution in [0, 0.1) is 11.6 Å². The first kappa shape index (κ1) is 25.4. The number of carbonyl (C=O) groups excluding carboxylic acids is 3. The minimum absolute atomic E-state index is 0.00533. The molecule has 5 rings (SSSR count). The van der Waals surface area contributed by atoms with Crippen molar-refractivity contribution < 1.29 is 32.6 Å². The number of amides is 2. The Kier molecular flexibility index (Phi) is 6.60. The zero-order valence-electron chi connectivity index (χ0n) is 20.8. The van der Waals surface area contributed by atoms with Gasteiger partial charge in [0.25, 0.3) is 0 Å². The van der Waals surface area contributed by atoms with Crippen LogP contribution in [-0.4, -0.2) is 48.3 Å². The molecular weight excluding hydrogens is 500 g/mol. The maximum absolute atomic E-state index is 15.3. The molecule has 9 nitrogen and oxygen atoms in total. The van der Waals surface area contributed by atoms with Crippen LogP contribution in [0.25, 0.3) is 22.0 Å². The van der Waals surface area contributed by atoms with E-state index in [0.29, 0.717) is 5.52 Å². The number of anilines is 1. The Morgan fingerprint density at radius 1 is 1.11 bits per heavy atom. The molecule has 198 valence electrons. The van der Waals surface area contributed by atoms with Crippen LogP contribution in [0.1, 0.15) is 43.1 Å². The summed E-state index contributed by atoms with van der Waals surface area (Å²) < 4.78 is 42.6. The van der Waals surface area contributed by atoms with Crippen LogP contribution in [0.5, 0.6) is 0 Å². The summed E-state index contributed by atoms with van der Waals surface area (Å²) in [5.74, 6) is -2.65. The Morgan fingerprint density at radius 2 is 1.84 bits per heavy atom. The molecule has 0 unspecified atom stereocenters. The summed E-state index contributed by atoms with van der Waals surface area (Å²) in [7, 11) is 0. The maximum Gasteiger partial charge on any atom is 0.414 e. The molecule has 1 aliphatic carbocycles. The number of carbonyl (C=O) groups is 3. The zero-order valence-corrected chi connectivity index (χ0v) is 20.8. The monoisotopic (exact) mass is 525 g/mol. The lowest BCUT2D eigenvalue weighted by Crippen LogP contribution is -2.33. The largest absolute Gasteiger partial charge is 0.462 e. The molecule has 1 atom stereocenters. The molecule has 2 amide bonds. The van der Waals surface area contributed by atoms with Crippen LogP contribution in [0.4, 0.5) is 19.3 Å². The molecule has 2 fully saturated rings. The van der Waals surface area contributed by atoms with Gasteiger partial charge < -0.3 is 19.4 Å². The first-order valence-corrected chi connectivity index (χ1v) is 12.3. The molecule has 1 saturated carbocycles. The van der Waals surface area contributed by atoms with E-state index in [1.807, 2.05) is 0 Å². The number of nitrogens with one attached hydrogen (secondary N) is 1. The summed E-state index contributed by atoms with van der Waals surface area (Å²) in [6, 6.07) is 6.40. The topological polar surface area (TPSA) is 107 Å². The molecule has 0 bridgehead atoms. The van der Waals surface area contributed by atoms with Gasteiger partial charge in [0.2, 0.25) is 11.3 Å². The van der Waals surface area contributed by atoms with E-state index in [9.17, 15) is 19.2 Å². The van der Waals surface area contributed by atoms with E-state index in [1.165, 1.54) is 36.2 Å². The van der Waals surface area contributed by atoms with Gasteiger partial charge in [-0.25, -0.2) is 18.4 Å². The Morgan fingerprint density at radius 3 is 2.50 bits per heavy atom. The fourth-order valence-electron chi connectivity index (χ4n) is 4.57. The van der Waals surface area contributed by atoms with Crippen molar-refractivity contribution in [3.05, 3.63) is 63.9 Å². The second-order valence-corrected chi connectivity index (χ2v) is 9.30. The van der Waals surface area contributed by atoms with Gasteiger partial charge in [-0.2, -0.15) is 0 Å². The van der Waals surface area contributed by atoms with Crippen molar-refractivity contribution in [3.8, 4) is 11.1 Å². The number of nitrogens with zero attached hydrogens (tertiary/aromatic N) is 2. The molecule has 1 N–H and O–H groups in total. The predicted octanol–water partition coefficient (Wildman–Crippen LogP) is 3.92. The van der Waals surface area contributed by atoms with Crippen molar-refractivity contribution in [2.24, 2.45) is 0 Å². The van der Waals surface area contributed by atoms with Crippen molar-refractivity contribution in [2.75, 3.05) is 24.6 Å². The number of hydrogen-bond donors (Lipinski definition) is 1. The Labute approximate surface area is 215 Å². The predicted molar refractivity (Wildman–Crippen MR) is 134 cm³/mol. The zero-order chi connectivity index (χ0) is 27.1. The molecule has 2 aromatic carbocycles. The van der Waals surface area contributed by atoms with Gasteiger partial charge in [0, 0.05) is 35.7 Å². The summed E-state index contributed by atoms with van der Waals surface area (Å²) >= 11 is 0. The lowest BCUT2D eigenvalue weighted by molar-refractivity contribution is -0.119. The number of ether oxygens (including phenoxy) is 2. The third-order valence-electron chi connectivity index (χ3n) is 6.56. The van der Waals surface area contributed by atoms with E-state index in [2.05, 4.69) is 5.32 Å². The molecule has 1 aromatic heterocycles. The van der Waals surface area contributed by atoms with Gasteiger partial charge in [0.05, 0.1) is 30.9 Å². The first-order valence-electron chi connectivity index (χ1n) is 12.3. The van der Waals surface area contributed by atoms with Crippen molar-refractivity contribution in [2.45, 2.75) is 38.8 Å². The highest BCUT2D eigenvalue weighted by Gasteiger charge is 2.33. The Bertz CT molecular complexity index is 1530. The Hall–Kier alpha value is -4.28. The van der Waals surface area contributed by atoms with Crippen molar-refractivity contribution in [3.63, 3.8) is 0 Å². The highest BCUT2D eigenvalue weighted by atomic mass is 19.1. The fraction of sp³-hybridized carbons (Fsp3) is 0.333. The van der Waals surface area contributed by atoms with E-state index >= 15 is 8.78 Å². The summed E-state index contributed by atoms with van der Waals surface area (Å²) in [4.78, 5) is 50.0. The van der Waals surface area contributed by atoms with Gasteiger partial charge in [-0.3, -0.25) is 14.5 Å². The van der Waals surface area contributed by atoms with Crippen LogP contribution >= 0.6 is 0 Å². The maximum atomic E-state index is 15.3. The average molecular weight is 526 g/mol. The van der Waals surface area contributed by atoms with E-state index in [1.54, 1.807) is 11.5 Å². The molecule has 0 spiro atoms. The number of esters is 1. The van der Waals surface area contributed by atoms with E-state index in [4.69, 9.17) is 9.47 Å². The first-order chi connectivity index (χ1) is 18.2. The summed E-state index contributed by atoms with van der Waals surface area (Å²) in [5.41, 5.74) is -0.348. The molecule has 0 radical (unpaired) electrons. The number of pyridine rings is 1. The van der Waals surface area contributed by atoms with Crippen LogP contribution < -0.4 is 15.6 Å². The normalized spacial score (nSPS) is 17.0. The number of hydrogen-bond acceptors (Lipinski definition) is 6. The third kappa shape index (κ3) is 4.71. The third-order valence-corrected chi connectivity index (χ3v) is 6.56. The molecule has 38 heavy (non-hydrogen) atoms. The van der Waals surface area contributed by atoms with E-state index in [0.717, 1.165) is 25.0 Å². The van der Waals surface area contributed by atoms with Crippen LogP contribution in [0.2, 0.25) is 0 Å². The van der Waals surface area contributed by atoms with Crippen molar-refractivity contribution >= 4 is 34.6 Å². The van der Waals surface area contributed by atoms with Crippen LogP contribution in [-0.2, 0) is 14.3 Å². The van der Waals surface area contributed by atoms with Gasteiger partial charge in [0.15, 0.2) is 0 Å². The van der Waals surface area contributed by atoms with E-state index in [-0.39, 0.29) is 59.4 Å². The molecule has 3 aromatic rings. The summed E-state index contributed by atoms with van der Waals surface area (Å²) in [6.07, 6.45) is 1.80. The lowest BCUT2D eigenvalue weighted by Gasteiger charge is -2.16. The number of fused-ring (bicyclic) bond motifs is 1. The van der Waals surface area contributed by atoms with Gasteiger partial charge in [-0.15, -0.1) is 0 Å². The molecule has 1 saturated heterocycles. The van der Waals surface area contributed by atoms with Crippen molar-refractivity contribution in [1.29, 1.82) is 0 Å². The lowest BCUT2D eigenvalue weighted by atomic mass is 10.0. The minimum atomic E-state index is -0.833.